The molecule has 2 fully saturated rings. The van der Waals surface area contributed by atoms with Gasteiger partial charge < -0.3 is 15.0 Å². The molecule has 5 heteroatoms. The van der Waals surface area contributed by atoms with Gasteiger partial charge >= 0.3 is 0 Å². The Hall–Kier alpha value is -2.82. The van der Waals surface area contributed by atoms with Crippen molar-refractivity contribution in [1.29, 1.82) is 0 Å². The highest BCUT2D eigenvalue weighted by molar-refractivity contribution is 5.91. The van der Waals surface area contributed by atoms with E-state index in [2.05, 4.69) is 5.32 Å². The molecule has 5 nitrogen and oxygen atoms in total. The van der Waals surface area contributed by atoms with Gasteiger partial charge in [0.1, 0.15) is 5.75 Å². The van der Waals surface area contributed by atoms with Crippen molar-refractivity contribution < 1.29 is 14.3 Å². The lowest BCUT2D eigenvalue weighted by Gasteiger charge is -2.29. The first-order valence-electron chi connectivity index (χ1n) is 9.38. The molecule has 2 aromatic carbocycles. The van der Waals surface area contributed by atoms with Crippen LogP contribution in [0.4, 0.5) is 0 Å². The van der Waals surface area contributed by atoms with E-state index in [1.165, 1.54) is 0 Å². The van der Waals surface area contributed by atoms with Crippen molar-refractivity contribution in [3.63, 3.8) is 0 Å². The Labute approximate surface area is 159 Å². The summed E-state index contributed by atoms with van der Waals surface area (Å²) in [7, 11) is 1.62. The number of benzene rings is 2. The van der Waals surface area contributed by atoms with E-state index in [0.29, 0.717) is 25.9 Å². The van der Waals surface area contributed by atoms with Crippen molar-refractivity contribution in [3.8, 4) is 5.75 Å². The van der Waals surface area contributed by atoms with Crippen molar-refractivity contribution in [2.45, 2.75) is 37.3 Å². The number of ether oxygens (including phenoxy) is 1. The zero-order valence-corrected chi connectivity index (χ0v) is 15.5. The molecule has 0 aliphatic carbocycles. The second-order valence-electron chi connectivity index (χ2n) is 7.40. The fourth-order valence-electron chi connectivity index (χ4n) is 4.35. The van der Waals surface area contributed by atoms with Crippen molar-refractivity contribution in [2.75, 3.05) is 13.7 Å². The summed E-state index contributed by atoms with van der Waals surface area (Å²) in [6.07, 6.45) is 2.08. The molecule has 2 heterocycles. The molecule has 2 aliphatic heterocycles. The Morgan fingerprint density at radius 1 is 1.22 bits per heavy atom. The summed E-state index contributed by atoms with van der Waals surface area (Å²) in [5.41, 5.74) is 1.24. The van der Waals surface area contributed by atoms with Crippen LogP contribution in [-0.4, -0.2) is 36.4 Å². The zero-order valence-electron chi connectivity index (χ0n) is 15.5. The first-order valence-corrected chi connectivity index (χ1v) is 9.38. The van der Waals surface area contributed by atoms with Gasteiger partial charge in [0, 0.05) is 25.6 Å². The van der Waals surface area contributed by atoms with E-state index in [-0.39, 0.29) is 17.9 Å². The summed E-state index contributed by atoms with van der Waals surface area (Å²) in [6, 6.07) is 17.7. The largest absolute Gasteiger partial charge is 0.497 e. The Balaban J connectivity index is 1.64. The first-order chi connectivity index (χ1) is 13.1. The van der Waals surface area contributed by atoms with Crippen LogP contribution in [0, 0.1) is 0 Å². The number of nitrogens with one attached hydrogen (secondary N) is 1. The van der Waals surface area contributed by atoms with E-state index in [1.54, 1.807) is 7.11 Å². The van der Waals surface area contributed by atoms with Crippen molar-refractivity contribution in [2.24, 2.45) is 0 Å². The number of carbonyl (C=O) groups is 2. The molecule has 2 atom stereocenters. The summed E-state index contributed by atoms with van der Waals surface area (Å²) in [5, 5.41) is 3.10. The van der Waals surface area contributed by atoms with Crippen molar-refractivity contribution >= 4 is 11.8 Å². The maximum absolute atomic E-state index is 13.4. The minimum Gasteiger partial charge on any atom is -0.497 e. The molecule has 4 rings (SSSR count). The molecular weight excluding hydrogens is 340 g/mol. The van der Waals surface area contributed by atoms with Crippen LogP contribution >= 0.6 is 0 Å². The van der Waals surface area contributed by atoms with Crippen LogP contribution in [0.15, 0.2) is 54.6 Å². The third-order valence-electron chi connectivity index (χ3n) is 5.83. The molecule has 1 N–H and O–H groups in total. The number of hydrogen-bond donors (Lipinski definition) is 1. The number of rotatable bonds is 5. The molecule has 2 saturated heterocycles. The summed E-state index contributed by atoms with van der Waals surface area (Å²) in [5.74, 6) is 0.851. The Bertz CT molecular complexity index is 852. The maximum atomic E-state index is 13.4. The minimum atomic E-state index is -0.732. The maximum Gasteiger partial charge on any atom is 0.232 e. The second kappa shape index (κ2) is 7.06. The molecule has 0 bridgehead atoms. The summed E-state index contributed by atoms with van der Waals surface area (Å²) in [4.78, 5) is 27.5. The predicted octanol–water partition coefficient (Wildman–Crippen LogP) is 2.64. The number of amides is 2. The van der Waals surface area contributed by atoms with E-state index in [4.69, 9.17) is 4.74 Å². The van der Waals surface area contributed by atoms with Gasteiger partial charge in [-0.3, -0.25) is 9.59 Å². The van der Waals surface area contributed by atoms with E-state index < -0.39 is 5.41 Å². The van der Waals surface area contributed by atoms with E-state index in [1.807, 2.05) is 59.5 Å². The van der Waals surface area contributed by atoms with Gasteiger partial charge in [0.15, 0.2) is 0 Å². The SMILES string of the molecule is COc1cccc([C@]2(C(=O)NCc3ccccc3)C[C@@H]3CCC(=O)N3C2)c1. The fourth-order valence-corrected chi connectivity index (χ4v) is 4.35. The predicted molar refractivity (Wildman–Crippen MR) is 102 cm³/mol. The molecule has 0 aromatic heterocycles. The molecule has 0 spiro atoms. The quantitative estimate of drug-likeness (QED) is 0.887. The van der Waals surface area contributed by atoms with Crippen LogP contribution in [0.5, 0.6) is 5.75 Å². The summed E-state index contributed by atoms with van der Waals surface area (Å²) in [6.45, 7) is 0.911. The average molecular weight is 364 g/mol. The van der Waals surface area contributed by atoms with Gasteiger partial charge in [0.05, 0.1) is 12.5 Å². The van der Waals surface area contributed by atoms with Gasteiger partial charge in [-0.2, -0.15) is 0 Å². The Morgan fingerprint density at radius 3 is 2.78 bits per heavy atom. The molecule has 27 heavy (non-hydrogen) atoms. The smallest absolute Gasteiger partial charge is 0.232 e. The topological polar surface area (TPSA) is 58.6 Å². The van der Waals surface area contributed by atoms with Crippen molar-refractivity contribution in [1.82, 2.24) is 10.2 Å². The fraction of sp³-hybridized carbons (Fsp3) is 0.364. The first kappa shape index (κ1) is 17.6. The van der Waals surface area contributed by atoms with Gasteiger partial charge in [-0.1, -0.05) is 42.5 Å². The normalized spacial score (nSPS) is 24.0. The summed E-state index contributed by atoms with van der Waals surface area (Å²) >= 11 is 0. The molecule has 2 aliphatic rings. The monoisotopic (exact) mass is 364 g/mol. The average Bonchev–Trinajstić information content (AvgIpc) is 3.27. The third-order valence-corrected chi connectivity index (χ3v) is 5.83. The van der Waals surface area contributed by atoms with Gasteiger partial charge in [-0.25, -0.2) is 0 Å². The van der Waals surface area contributed by atoms with Gasteiger partial charge in [-0.05, 0) is 36.1 Å². The number of hydrogen-bond acceptors (Lipinski definition) is 3. The van der Waals surface area contributed by atoms with E-state index >= 15 is 0 Å². The van der Waals surface area contributed by atoms with Crippen LogP contribution in [-0.2, 0) is 21.5 Å². The number of carbonyl (C=O) groups excluding carboxylic acids is 2. The highest BCUT2D eigenvalue weighted by atomic mass is 16.5. The zero-order chi connectivity index (χ0) is 18.9. The highest BCUT2D eigenvalue weighted by Gasteiger charge is 2.53. The van der Waals surface area contributed by atoms with Crippen LogP contribution in [0.1, 0.15) is 30.4 Å². The third kappa shape index (κ3) is 3.18. The molecule has 140 valence electrons. The Kier molecular flexibility index (Phi) is 4.60. The standard InChI is InChI=1S/C22H24N2O3/c1-27-19-9-5-8-17(12-19)22(13-18-10-11-20(25)24(18)15-22)21(26)23-14-16-6-3-2-4-7-16/h2-9,12,18H,10-11,13-15H2,1H3,(H,23,26)/t18-,22-/m0/s1. The molecule has 0 unspecified atom stereocenters. The highest BCUT2D eigenvalue weighted by Crippen LogP contribution is 2.43. The lowest BCUT2D eigenvalue weighted by atomic mass is 9.76. The number of methoxy groups -OCH3 is 1. The molecule has 0 saturated carbocycles. The number of nitrogens with zero attached hydrogens (tertiary/aromatic N) is 1. The minimum absolute atomic E-state index is 0.0261. The number of fused-ring (bicyclic) bond motifs is 1. The van der Waals surface area contributed by atoms with Gasteiger partial charge in [-0.15, -0.1) is 0 Å². The van der Waals surface area contributed by atoms with Crippen LogP contribution in [0.3, 0.4) is 0 Å². The lowest BCUT2D eigenvalue weighted by molar-refractivity contribution is -0.129. The molecule has 2 aromatic rings. The van der Waals surface area contributed by atoms with Gasteiger partial charge in [0.2, 0.25) is 11.8 Å². The van der Waals surface area contributed by atoms with Crippen molar-refractivity contribution in [3.05, 3.63) is 65.7 Å². The van der Waals surface area contributed by atoms with E-state index in [9.17, 15) is 9.59 Å². The molecule has 2 amide bonds. The summed E-state index contributed by atoms with van der Waals surface area (Å²) < 4.78 is 5.37. The van der Waals surface area contributed by atoms with Crippen LogP contribution in [0.25, 0.3) is 0 Å². The van der Waals surface area contributed by atoms with Crippen LogP contribution < -0.4 is 10.1 Å². The second-order valence-corrected chi connectivity index (χ2v) is 7.40. The van der Waals surface area contributed by atoms with Gasteiger partial charge in [0.25, 0.3) is 0 Å². The molecular formula is C22H24N2O3. The lowest BCUT2D eigenvalue weighted by Crippen LogP contribution is -2.46. The Morgan fingerprint density at radius 2 is 2.04 bits per heavy atom. The van der Waals surface area contributed by atoms with Crippen LogP contribution in [0.2, 0.25) is 0 Å². The molecule has 0 radical (unpaired) electrons. The van der Waals surface area contributed by atoms with E-state index in [0.717, 1.165) is 23.3 Å².